The number of hydrogen-bond acceptors (Lipinski definition) is 5. The minimum absolute atomic E-state index is 0.278. The summed E-state index contributed by atoms with van der Waals surface area (Å²) in [5.41, 5.74) is 3.27. The molecule has 0 radical (unpaired) electrons. The Morgan fingerprint density at radius 3 is 2.32 bits per heavy atom. The number of aryl methyl sites for hydroxylation is 2. The van der Waals surface area contributed by atoms with Gasteiger partial charge in [-0.05, 0) is 31.5 Å². The summed E-state index contributed by atoms with van der Waals surface area (Å²) in [5, 5.41) is 2.74. The van der Waals surface area contributed by atoms with Crippen LogP contribution in [0.2, 0.25) is 0 Å². The van der Waals surface area contributed by atoms with Gasteiger partial charge in [0.2, 0.25) is 5.88 Å². The number of aromatic nitrogens is 1. The van der Waals surface area contributed by atoms with Gasteiger partial charge in [0.05, 0.1) is 14.2 Å². The van der Waals surface area contributed by atoms with Crippen molar-refractivity contribution in [2.45, 2.75) is 26.3 Å². The summed E-state index contributed by atoms with van der Waals surface area (Å²) in [4.78, 5) is 28.7. The van der Waals surface area contributed by atoms with Crippen LogP contribution in [0, 0.1) is 13.8 Å². The summed E-state index contributed by atoms with van der Waals surface area (Å²) < 4.78 is 9.83. The van der Waals surface area contributed by atoms with Crippen LogP contribution in [0.3, 0.4) is 0 Å². The lowest BCUT2D eigenvalue weighted by atomic mass is 10.0. The average molecular weight is 342 g/mol. The molecule has 0 spiro atoms. The van der Waals surface area contributed by atoms with E-state index >= 15 is 0 Å². The third kappa shape index (κ3) is 5.04. The van der Waals surface area contributed by atoms with Crippen molar-refractivity contribution in [2.75, 3.05) is 14.2 Å². The number of nitrogens with one attached hydrogen (secondary N) is 1. The van der Waals surface area contributed by atoms with Crippen LogP contribution in [0.15, 0.2) is 36.5 Å². The van der Waals surface area contributed by atoms with Crippen molar-refractivity contribution < 1.29 is 19.1 Å². The Balaban J connectivity index is 2.16. The highest BCUT2D eigenvalue weighted by molar-refractivity contribution is 5.97. The number of ether oxygens (including phenoxy) is 2. The van der Waals surface area contributed by atoms with E-state index in [-0.39, 0.29) is 12.3 Å². The summed E-state index contributed by atoms with van der Waals surface area (Å²) in [5.74, 6) is -0.338. The molecule has 1 atom stereocenters. The van der Waals surface area contributed by atoms with Gasteiger partial charge in [-0.15, -0.1) is 0 Å². The molecule has 2 rings (SSSR count). The van der Waals surface area contributed by atoms with E-state index < -0.39 is 12.0 Å². The Morgan fingerprint density at radius 2 is 1.80 bits per heavy atom. The van der Waals surface area contributed by atoms with E-state index in [2.05, 4.69) is 10.3 Å². The lowest BCUT2D eigenvalue weighted by Gasteiger charge is -2.17. The van der Waals surface area contributed by atoms with Gasteiger partial charge in [0.1, 0.15) is 6.04 Å². The summed E-state index contributed by atoms with van der Waals surface area (Å²) >= 11 is 0. The normalized spacial score (nSPS) is 11.5. The van der Waals surface area contributed by atoms with E-state index in [1.54, 1.807) is 30.5 Å². The van der Waals surface area contributed by atoms with Gasteiger partial charge in [0.15, 0.2) is 0 Å². The average Bonchev–Trinajstić information content (AvgIpc) is 2.60. The van der Waals surface area contributed by atoms with Gasteiger partial charge in [0.25, 0.3) is 5.91 Å². The highest BCUT2D eigenvalue weighted by Gasteiger charge is 2.23. The highest BCUT2D eigenvalue weighted by atomic mass is 16.5. The number of rotatable bonds is 6. The van der Waals surface area contributed by atoms with E-state index in [1.807, 2.05) is 19.9 Å². The number of methoxy groups -OCH3 is 2. The molecule has 0 aliphatic carbocycles. The maximum atomic E-state index is 12.5. The predicted octanol–water partition coefficient (Wildman–Crippen LogP) is 2.22. The van der Waals surface area contributed by atoms with E-state index in [1.165, 1.54) is 14.2 Å². The third-order valence-electron chi connectivity index (χ3n) is 3.72. The van der Waals surface area contributed by atoms with Crippen molar-refractivity contribution in [3.63, 3.8) is 0 Å². The van der Waals surface area contributed by atoms with Crippen LogP contribution < -0.4 is 10.1 Å². The summed E-state index contributed by atoms with van der Waals surface area (Å²) in [6.07, 6.45) is 1.89. The van der Waals surface area contributed by atoms with Crippen LogP contribution in [-0.4, -0.2) is 37.1 Å². The molecule has 0 fully saturated rings. The van der Waals surface area contributed by atoms with Crippen molar-refractivity contribution in [1.29, 1.82) is 0 Å². The molecule has 0 saturated heterocycles. The van der Waals surface area contributed by atoms with Crippen molar-refractivity contribution in [2.24, 2.45) is 0 Å². The molecule has 2 aromatic rings. The first-order valence-electron chi connectivity index (χ1n) is 7.89. The topological polar surface area (TPSA) is 77.5 Å². The van der Waals surface area contributed by atoms with Crippen LogP contribution >= 0.6 is 0 Å². The van der Waals surface area contributed by atoms with Crippen molar-refractivity contribution in [1.82, 2.24) is 10.3 Å². The monoisotopic (exact) mass is 342 g/mol. The van der Waals surface area contributed by atoms with Crippen LogP contribution in [0.25, 0.3) is 0 Å². The maximum absolute atomic E-state index is 12.5. The number of nitrogens with zero attached hydrogens (tertiary/aromatic N) is 1. The van der Waals surface area contributed by atoms with Crippen LogP contribution in [0.1, 0.15) is 27.0 Å². The zero-order valence-electron chi connectivity index (χ0n) is 14.8. The Bertz CT molecular complexity index is 736. The largest absolute Gasteiger partial charge is 0.481 e. The molecule has 1 N–H and O–H groups in total. The standard InChI is InChI=1S/C19H22N2O4/c1-12-7-13(2)9-15(8-12)18(22)21-16(19(23)25-4)10-14-5-6-17(24-3)20-11-14/h5-9,11,16H,10H2,1-4H3,(H,21,22)/t16-/m0/s1. The van der Waals surface area contributed by atoms with Gasteiger partial charge in [-0.3, -0.25) is 4.79 Å². The second-order valence-electron chi connectivity index (χ2n) is 5.84. The number of hydrogen-bond donors (Lipinski definition) is 1. The SMILES string of the molecule is COC(=O)[C@H](Cc1ccc(OC)nc1)NC(=O)c1cc(C)cc(C)c1. The lowest BCUT2D eigenvalue weighted by Crippen LogP contribution is -2.43. The first-order valence-corrected chi connectivity index (χ1v) is 7.89. The maximum Gasteiger partial charge on any atom is 0.328 e. The van der Waals surface area contributed by atoms with Gasteiger partial charge in [0, 0.05) is 24.2 Å². The van der Waals surface area contributed by atoms with E-state index in [9.17, 15) is 9.59 Å². The smallest absolute Gasteiger partial charge is 0.328 e. The van der Waals surface area contributed by atoms with E-state index in [0.717, 1.165) is 16.7 Å². The molecule has 25 heavy (non-hydrogen) atoms. The fraction of sp³-hybridized carbons (Fsp3) is 0.316. The van der Waals surface area contributed by atoms with Crippen LogP contribution in [0.5, 0.6) is 5.88 Å². The lowest BCUT2D eigenvalue weighted by molar-refractivity contribution is -0.142. The molecule has 0 aliphatic heterocycles. The molecule has 0 unspecified atom stereocenters. The second kappa shape index (κ2) is 8.28. The molecule has 0 saturated carbocycles. The number of carbonyl (C=O) groups is 2. The molecule has 1 heterocycles. The van der Waals surface area contributed by atoms with Crippen LogP contribution in [0.4, 0.5) is 0 Å². The minimum atomic E-state index is -0.798. The van der Waals surface area contributed by atoms with Crippen molar-refractivity contribution >= 4 is 11.9 Å². The van der Waals surface area contributed by atoms with E-state index in [0.29, 0.717) is 11.4 Å². The molecule has 0 aliphatic rings. The quantitative estimate of drug-likeness (QED) is 0.815. The first-order chi connectivity index (χ1) is 11.9. The van der Waals surface area contributed by atoms with Gasteiger partial charge in [-0.2, -0.15) is 0 Å². The zero-order chi connectivity index (χ0) is 18.4. The molecule has 0 bridgehead atoms. The molecular weight excluding hydrogens is 320 g/mol. The number of carbonyl (C=O) groups excluding carboxylic acids is 2. The van der Waals surface area contributed by atoms with Gasteiger partial charge in [-0.1, -0.05) is 23.3 Å². The Labute approximate surface area is 147 Å². The molecule has 132 valence electrons. The minimum Gasteiger partial charge on any atom is -0.481 e. The molecular formula is C19H22N2O4. The second-order valence-corrected chi connectivity index (χ2v) is 5.84. The molecule has 1 aromatic heterocycles. The summed E-state index contributed by atoms with van der Waals surface area (Å²) in [7, 11) is 2.83. The number of benzene rings is 1. The van der Waals surface area contributed by atoms with Gasteiger partial charge in [-0.25, -0.2) is 9.78 Å². The molecule has 1 amide bonds. The van der Waals surface area contributed by atoms with Crippen LogP contribution in [-0.2, 0) is 16.0 Å². The highest BCUT2D eigenvalue weighted by Crippen LogP contribution is 2.12. The third-order valence-corrected chi connectivity index (χ3v) is 3.72. The first kappa shape index (κ1) is 18.4. The van der Waals surface area contributed by atoms with E-state index in [4.69, 9.17) is 9.47 Å². The summed E-state index contributed by atoms with van der Waals surface area (Å²) in [6.45, 7) is 3.84. The Hall–Kier alpha value is -2.89. The number of amides is 1. The Kier molecular flexibility index (Phi) is 6.11. The predicted molar refractivity (Wildman–Crippen MR) is 93.7 cm³/mol. The molecule has 1 aromatic carbocycles. The fourth-order valence-electron chi connectivity index (χ4n) is 2.57. The number of esters is 1. The van der Waals surface area contributed by atoms with Gasteiger partial charge >= 0.3 is 5.97 Å². The molecule has 6 heteroatoms. The van der Waals surface area contributed by atoms with Crippen molar-refractivity contribution in [3.05, 3.63) is 58.8 Å². The zero-order valence-corrected chi connectivity index (χ0v) is 14.8. The number of pyridine rings is 1. The fourth-order valence-corrected chi connectivity index (χ4v) is 2.57. The van der Waals surface area contributed by atoms with Crippen molar-refractivity contribution in [3.8, 4) is 5.88 Å². The Morgan fingerprint density at radius 1 is 1.12 bits per heavy atom. The van der Waals surface area contributed by atoms with Gasteiger partial charge < -0.3 is 14.8 Å². The molecule has 6 nitrogen and oxygen atoms in total. The summed E-state index contributed by atoms with van der Waals surface area (Å²) in [6, 6.07) is 8.25.